The van der Waals surface area contributed by atoms with Crippen LogP contribution in [0.2, 0.25) is 0 Å². The second kappa shape index (κ2) is 20.7. The van der Waals surface area contributed by atoms with E-state index in [1.807, 2.05) is 106 Å². The first-order chi connectivity index (χ1) is 30.8. The first-order valence-electron chi connectivity index (χ1n) is 22.7. The van der Waals surface area contributed by atoms with Crippen molar-refractivity contribution < 1.29 is 28.7 Å². The highest BCUT2D eigenvalue weighted by molar-refractivity contribution is 8.00. The van der Waals surface area contributed by atoms with Crippen LogP contribution in [0.1, 0.15) is 74.6 Å². The molecule has 4 amide bonds. The molecule has 0 aliphatic carbocycles. The maximum atomic E-state index is 14.2. The molecule has 4 saturated heterocycles. The lowest BCUT2D eigenvalue weighted by Gasteiger charge is -2.32. The quantitative estimate of drug-likeness (QED) is 0.0492. The first-order valence-corrected chi connectivity index (χ1v) is 24.8. The molecule has 0 N–H and O–H groups in total. The Morgan fingerprint density at radius 1 is 0.524 bits per heavy atom. The second-order valence-corrected chi connectivity index (χ2v) is 19.7. The normalized spacial score (nSPS) is 23.0. The summed E-state index contributed by atoms with van der Waals surface area (Å²) in [7, 11) is 0. The van der Waals surface area contributed by atoms with Crippen LogP contribution >= 0.6 is 23.5 Å². The average molecular weight is 889 g/mol. The minimum atomic E-state index is -1.46. The number of hydrogen-bond acceptors (Lipinski definition) is 8. The monoisotopic (exact) mass is 888 g/mol. The molecule has 6 atom stereocenters. The van der Waals surface area contributed by atoms with Gasteiger partial charge < -0.3 is 29.1 Å². The number of benzene rings is 4. The molecule has 0 unspecified atom stereocenters. The van der Waals surface area contributed by atoms with Gasteiger partial charge in [-0.1, -0.05) is 134 Å². The van der Waals surface area contributed by atoms with Gasteiger partial charge in [0.1, 0.15) is 0 Å². The third kappa shape index (κ3) is 9.77. The molecular formula is C51H60N4O6S2. The summed E-state index contributed by atoms with van der Waals surface area (Å²) < 4.78 is 11.5. The van der Waals surface area contributed by atoms with Crippen LogP contribution in [-0.2, 0) is 45.2 Å². The molecule has 4 fully saturated rings. The first kappa shape index (κ1) is 44.7. The number of amides is 4. The van der Waals surface area contributed by atoms with E-state index in [1.165, 1.54) is 0 Å². The van der Waals surface area contributed by atoms with E-state index in [0.29, 0.717) is 51.9 Å². The van der Waals surface area contributed by atoms with Crippen molar-refractivity contribution in [3.63, 3.8) is 0 Å². The fourth-order valence-electron chi connectivity index (χ4n) is 10.3. The van der Waals surface area contributed by atoms with Crippen LogP contribution in [0.4, 0.5) is 9.59 Å². The van der Waals surface area contributed by atoms with Crippen LogP contribution in [0.5, 0.6) is 0 Å². The van der Waals surface area contributed by atoms with E-state index in [-0.39, 0.29) is 59.9 Å². The van der Waals surface area contributed by atoms with Gasteiger partial charge in [0.05, 0.1) is 37.4 Å². The highest BCUT2D eigenvalue weighted by atomic mass is 32.2. The molecule has 0 aromatic heterocycles. The van der Waals surface area contributed by atoms with Crippen molar-refractivity contribution in [1.29, 1.82) is 0 Å². The molecule has 4 heterocycles. The molecule has 63 heavy (non-hydrogen) atoms. The number of esters is 2. The van der Waals surface area contributed by atoms with Gasteiger partial charge in [-0.3, -0.25) is 9.59 Å². The summed E-state index contributed by atoms with van der Waals surface area (Å²) in [6.45, 7) is 6.03. The van der Waals surface area contributed by atoms with Crippen molar-refractivity contribution in [2.24, 2.45) is 5.41 Å². The lowest BCUT2D eigenvalue weighted by molar-refractivity contribution is -0.173. The molecule has 8 rings (SSSR count). The second-order valence-electron chi connectivity index (χ2n) is 17.2. The Balaban J connectivity index is 0.984. The third-order valence-corrected chi connectivity index (χ3v) is 16.3. The van der Waals surface area contributed by atoms with Gasteiger partial charge in [-0.2, -0.15) is 23.5 Å². The van der Waals surface area contributed by atoms with Gasteiger partial charge in [0.2, 0.25) is 0 Å². The molecule has 332 valence electrons. The number of carbonyl (C=O) groups is 4. The molecule has 0 radical (unpaired) electrons. The zero-order chi connectivity index (χ0) is 43.8. The Morgan fingerprint density at radius 2 is 0.841 bits per heavy atom. The maximum absolute atomic E-state index is 14.2. The smallest absolute Gasteiger partial charge is 0.323 e. The Labute approximate surface area is 381 Å². The van der Waals surface area contributed by atoms with Crippen molar-refractivity contribution in [2.75, 3.05) is 24.7 Å². The Kier molecular flexibility index (Phi) is 14.7. The van der Waals surface area contributed by atoms with Crippen LogP contribution in [0.15, 0.2) is 121 Å². The number of nitrogens with zero attached hydrogens (tertiary/aromatic N) is 4. The lowest BCUT2D eigenvalue weighted by atomic mass is 9.77. The summed E-state index contributed by atoms with van der Waals surface area (Å²) in [6, 6.07) is 40.9. The van der Waals surface area contributed by atoms with Gasteiger partial charge in [-0.25, -0.2) is 9.59 Å². The van der Waals surface area contributed by atoms with E-state index in [0.717, 1.165) is 46.6 Å². The van der Waals surface area contributed by atoms with E-state index in [2.05, 4.69) is 58.3 Å². The zero-order valence-electron chi connectivity index (χ0n) is 36.5. The van der Waals surface area contributed by atoms with Crippen LogP contribution < -0.4 is 0 Å². The minimum Gasteiger partial charge on any atom is -0.465 e. The Bertz CT molecular complexity index is 2000. The largest absolute Gasteiger partial charge is 0.465 e. The number of rotatable bonds is 20. The third-order valence-electron chi connectivity index (χ3n) is 13.3. The van der Waals surface area contributed by atoms with E-state index < -0.39 is 17.4 Å². The molecule has 4 aromatic rings. The van der Waals surface area contributed by atoms with Gasteiger partial charge in [0.15, 0.2) is 5.41 Å². The summed E-state index contributed by atoms with van der Waals surface area (Å²) in [4.78, 5) is 65.1. The molecule has 10 nitrogen and oxygen atoms in total. The molecule has 0 saturated carbocycles. The fraction of sp³-hybridized carbons (Fsp3) is 0.451. The predicted molar refractivity (Wildman–Crippen MR) is 250 cm³/mol. The van der Waals surface area contributed by atoms with Crippen LogP contribution in [0, 0.1) is 5.41 Å². The van der Waals surface area contributed by atoms with Gasteiger partial charge in [-0.05, 0) is 61.8 Å². The highest BCUT2D eigenvalue weighted by Gasteiger charge is 2.55. The standard InChI is InChI=1S/C51H60N4O6S2/c1-3-60-47(56)51(48(57)61-4-2,29-17-27-43-45-41(35-62-43)52(31-37-19-9-5-10-20-37)49(58)54(45)33-39-23-13-7-14-24-39)30-18-28-44-46-42(36-63-44)53(32-38-21-11-6-12-22-38)50(59)55(46)34-40-25-15-8-16-26-40/h5-16,19-26,41-46H,3-4,17-18,27-36H2,1-2H3/t41-,42+,43-,44-,45-,46+/m0/s1. The topological polar surface area (TPSA) is 99.7 Å². The molecule has 4 aliphatic rings. The summed E-state index contributed by atoms with van der Waals surface area (Å²) in [5.41, 5.74) is 2.93. The van der Waals surface area contributed by atoms with Crippen LogP contribution in [-0.4, -0.2) is 103 Å². The van der Waals surface area contributed by atoms with Crippen molar-refractivity contribution in [3.05, 3.63) is 144 Å². The lowest BCUT2D eigenvalue weighted by Crippen LogP contribution is -2.44. The SMILES string of the molecule is CCOC(=O)C(CCC[C@@H]1SC[C@H]2[C@@H]1N(Cc1ccccc1)C(=O)N2Cc1ccccc1)(CCC[C@@H]1SC[C@@H]2[C@H]1N(Cc1ccccc1)C(=O)N2Cc1ccccc1)C(=O)OCC. The highest BCUT2D eigenvalue weighted by Crippen LogP contribution is 2.46. The van der Waals surface area contributed by atoms with Crippen molar-refractivity contribution in [1.82, 2.24) is 19.6 Å². The fourth-order valence-corrected chi connectivity index (χ4v) is 13.6. The number of fused-ring (bicyclic) bond motifs is 2. The number of hydrogen-bond donors (Lipinski definition) is 0. The van der Waals surface area contributed by atoms with Crippen LogP contribution in [0.3, 0.4) is 0 Å². The van der Waals surface area contributed by atoms with Crippen molar-refractivity contribution in [2.45, 2.75) is 113 Å². The molecule has 4 aromatic carbocycles. The number of carbonyl (C=O) groups excluding carboxylic acids is 4. The Morgan fingerprint density at radius 3 is 1.16 bits per heavy atom. The van der Waals surface area contributed by atoms with E-state index >= 15 is 0 Å². The molecular weight excluding hydrogens is 829 g/mol. The summed E-state index contributed by atoms with van der Waals surface area (Å²) in [5, 5.41) is 0.262. The summed E-state index contributed by atoms with van der Waals surface area (Å²) >= 11 is 3.78. The zero-order valence-corrected chi connectivity index (χ0v) is 38.1. The number of urea groups is 2. The molecule has 12 heteroatoms. The van der Waals surface area contributed by atoms with Gasteiger partial charge >= 0.3 is 24.0 Å². The van der Waals surface area contributed by atoms with E-state index in [1.54, 1.807) is 13.8 Å². The predicted octanol–water partition coefficient (Wildman–Crippen LogP) is 9.42. The van der Waals surface area contributed by atoms with Crippen molar-refractivity contribution >= 4 is 47.5 Å². The molecule has 0 bridgehead atoms. The Hall–Kier alpha value is -4.94. The van der Waals surface area contributed by atoms with Gasteiger partial charge in [-0.15, -0.1) is 0 Å². The molecule has 0 spiro atoms. The summed E-state index contributed by atoms with van der Waals surface area (Å²) in [6.07, 6.45) is 3.27. The van der Waals surface area contributed by atoms with Gasteiger partial charge in [0, 0.05) is 48.2 Å². The number of thioether (sulfide) groups is 2. The van der Waals surface area contributed by atoms with E-state index in [4.69, 9.17) is 9.47 Å². The minimum absolute atomic E-state index is 0.00671. The molecule has 4 aliphatic heterocycles. The summed E-state index contributed by atoms with van der Waals surface area (Å²) in [5.74, 6) is 0.606. The van der Waals surface area contributed by atoms with Gasteiger partial charge in [0.25, 0.3) is 0 Å². The number of ether oxygens (including phenoxy) is 2. The average Bonchev–Trinajstić information content (AvgIpc) is 4.04. The van der Waals surface area contributed by atoms with E-state index in [9.17, 15) is 19.2 Å². The van der Waals surface area contributed by atoms with Crippen molar-refractivity contribution in [3.8, 4) is 0 Å². The van der Waals surface area contributed by atoms with Crippen LogP contribution in [0.25, 0.3) is 0 Å². The maximum Gasteiger partial charge on any atom is 0.323 e.